The largest absolute Gasteiger partial charge is 0.462 e. The first-order chi connectivity index (χ1) is 12.8. The molecule has 0 saturated heterocycles. The molecule has 0 saturated carbocycles. The number of nitro groups is 1. The van der Waals surface area contributed by atoms with Gasteiger partial charge in [-0.05, 0) is 43.9 Å². The summed E-state index contributed by atoms with van der Waals surface area (Å²) < 4.78 is 4.87. The molecule has 8 heteroatoms. The Labute approximate surface area is 161 Å². The summed E-state index contributed by atoms with van der Waals surface area (Å²) >= 11 is 1.62. The zero-order chi connectivity index (χ0) is 20.0. The van der Waals surface area contributed by atoms with Gasteiger partial charge in [-0.2, -0.15) is 0 Å². The molecule has 0 spiro atoms. The highest BCUT2D eigenvalue weighted by Crippen LogP contribution is 2.21. The number of thioether (sulfide) groups is 1. The number of amides is 1. The maximum absolute atomic E-state index is 12.6. The second-order valence-corrected chi connectivity index (χ2v) is 6.59. The van der Waals surface area contributed by atoms with Crippen molar-refractivity contribution in [2.24, 2.45) is 0 Å². The number of carbonyl (C=O) groups is 2. The van der Waals surface area contributed by atoms with E-state index in [0.29, 0.717) is 0 Å². The smallest absolute Gasteiger partial charge is 0.338 e. The van der Waals surface area contributed by atoms with Crippen molar-refractivity contribution in [2.75, 3.05) is 12.9 Å². The number of rotatable bonds is 7. The minimum absolute atomic E-state index is 0.0276. The molecule has 0 radical (unpaired) electrons. The number of nitrogens with zero attached hydrogens (tertiary/aromatic N) is 1. The highest BCUT2D eigenvalue weighted by Gasteiger charge is 2.20. The summed E-state index contributed by atoms with van der Waals surface area (Å²) in [7, 11) is 0. The number of non-ortho nitro benzene ring substituents is 1. The second-order valence-electron chi connectivity index (χ2n) is 5.71. The van der Waals surface area contributed by atoms with E-state index in [4.69, 9.17) is 4.74 Å². The lowest BCUT2D eigenvalue weighted by Crippen LogP contribution is -2.27. The lowest BCUT2D eigenvalue weighted by Gasteiger charge is -2.15. The summed E-state index contributed by atoms with van der Waals surface area (Å²) in [6.45, 7) is 3.58. The summed E-state index contributed by atoms with van der Waals surface area (Å²) in [6.07, 6.45) is 1.98. The molecule has 2 rings (SSSR count). The van der Waals surface area contributed by atoms with Crippen molar-refractivity contribution in [3.05, 3.63) is 69.3 Å². The molecule has 1 amide bonds. The first-order valence-corrected chi connectivity index (χ1v) is 9.49. The molecule has 1 N–H and O–H groups in total. The van der Waals surface area contributed by atoms with Crippen LogP contribution in [0.2, 0.25) is 0 Å². The summed E-state index contributed by atoms with van der Waals surface area (Å²) in [6, 6.07) is 11.0. The Morgan fingerprint density at radius 2 is 1.81 bits per heavy atom. The van der Waals surface area contributed by atoms with Gasteiger partial charge >= 0.3 is 5.97 Å². The van der Waals surface area contributed by atoms with Gasteiger partial charge in [-0.25, -0.2) is 4.79 Å². The van der Waals surface area contributed by atoms with Crippen LogP contribution in [-0.4, -0.2) is 29.7 Å². The monoisotopic (exact) mass is 388 g/mol. The van der Waals surface area contributed by atoms with Crippen molar-refractivity contribution >= 4 is 29.3 Å². The SMILES string of the molecule is CCOC(=O)c1cc(C(=O)NC(C)c2ccc(SC)cc2)cc([N+](=O)[O-])c1. The number of hydrogen-bond acceptors (Lipinski definition) is 6. The maximum Gasteiger partial charge on any atom is 0.338 e. The van der Waals surface area contributed by atoms with Crippen molar-refractivity contribution in [3.8, 4) is 0 Å². The Morgan fingerprint density at radius 3 is 2.37 bits per heavy atom. The van der Waals surface area contributed by atoms with E-state index in [0.717, 1.165) is 22.6 Å². The van der Waals surface area contributed by atoms with Gasteiger partial charge in [-0.3, -0.25) is 14.9 Å². The molecule has 1 atom stereocenters. The van der Waals surface area contributed by atoms with Crippen LogP contribution in [0.4, 0.5) is 5.69 Å². The average Bonchev–Trinajstić information content (AvgIpc) is 2.67. The molecule has 0 aliphatic rings. The van der Waals surface area contributed by atoms with E-state index in [1.165, 1.54) is 6.07 Å². The van der Waals surface area contributed by atoms with Crippen LogP contribution in [0.15, 0.2) is 47.4 Å². The highest BCUT2D eigenvalue weighted by molar-refractivity contribution is 7.98. The maximum atomic E-state index is 12.6. The molecule has 0 fully saturated rings. The normalized spacial score (nSPS) is 11.5. The molecular formula is C19H20N2O5S. The predicted octanol–water partition coefficient (Wildman–Crippen LogP) is 3.98. The van der Waals surface area contributed by atoms with E-state index < -0.39 is 16.8 Å². The first kappa shape index (κ1) is 20.4. The highest BCUT2D eigenvalue weighted by atomic mass is 32.2. The van der Waals surface area contributed by atoms with Gasteiger partial charge in [0.05, 0.1) is 23.1 Å². The van der Waals surface area contributed by atoms with Gasteiger partial charge in [0.15, 0.2) is 0 Å². The summed E-state index contributed by atoms with van der Waals surface area (Å²) in [4.78, 5) is 36.1. The number of benzene rings is 2. The van der Waals surface area contributed by atoms with E-state index in [9.17, 15) is 19.7 Å². The number of ether oxygens (including phenoxy) is 1. The lowest BCUT2D eigenvalue weighted by molar-refractivity contribution is -0.384. The van der Waals surface area contributed by atoms with Gasteiger partial charge in [0.25, 0.3) is 11.6 Å². The zero-order valence-corrected chi connectivity index (χ0v) is 16.0. The van der Waals surface area contributed by atoms with Crippen molar-refractivity contribution < 1.29 is 19.2 Å². The number of nitro benzene ring substituents is 1. The second kappa shape index (κ2) is 9.18. The van der Waals surface area contributed by atoms with Crippen molar-refractivity contribution in [2.45, 2.75) is 24.8 Å². The molecule has 27 heavy (non-hydrogen) atoms. The third-order valence-corrected chi connectivity index (χ3v) is 4.61. The van der Waals surface area contributed by atoms with Gasteiger partial charge < -0.3 is 10.1 Å². The zero-order valence-electron chi connectivity index (χ0n) is 15.2. The van der Waals surface area contributed by atoms with E-state index in [1.54, 1.807) is 18.7 Å². The molecule has 0 aromatic heterocycles. The van der Waals surface area contributed by atoms with Crippen LogP contribution in [0.5, 0.6) is 0 Å². The van der Waals surface area contributed by atoms with Crippen molar-refractivity contribution in [3.63, 3.8) is 0 Å². The van der Waals surface area contributed by atoms with E-state index in [1.807, 2.05) is 37.4 Å². The Morgan fingerprint density at radius 1 is 1.19 bits per heavy atom. The molecule has 1 unspecified atom stereocenters. The van der Waals surface area contributed by atoms with Gasteiger partial charge in [-0.1, -0.05) is 12.1 Å². The van der Waals surface area contributed by atoms with Crippen LogP contribution >= 0.6 is 11.8 Å². The molecule has 0 bridgehead atoms. The summed E-state index contributed by atoms with van der Waals surface area (Å²) in [5.74, 6) is -1.22. The van der Waals surface area contributed by atoms with Crippen LogP contribution < -0.4 is 5.32 Å². The Balaban J connectivity index is 2.25. The number of nitrogens with one attached hydrogen (secondary N) is 1. The number of carbonyl (C=O) groups excluding carboxylic acids is 2. The van der Waals surface area contributed by atoms with E-state index >= 15 is 0 Å². The molecule has 2 aromatic carbocycles. The van der Waals surface area contributed by atoms with Gasteiger partial charge in [0.2, 0.25) is 0 Å². The average molecular weight is 388 g/mol. The standard InChI is InChI=1S/C19H20N2O5S/c1-4-26-19(23)15-9-14(10-16(11-15)21(24)25)18(22)20-12(2)13-5-7-17(27-3)8-6-13/h5-12H,4H2,1-3H3,(H,20,22). The fraction of sp³-hybridized carbons (Fsp3) is 0.263. The topological polar surface area (TPSA) is 98.5 Å². The Kier molecular flexibility index (Phi) is 6.95. The summed E-state index contributed by atoms with van der Waals surface area (Å²) in [5, 5.41) is 13.9. The lowest BCUT2D eigenvalue weighted by atomic mass is 10.1. The Hall–Kier alpha value is -2.87. The molecule has 7 nitrogen and oxygen atoms in total. The number of hydrogen-bond donors (Lipinski definition) is 1. The predicted molar refractivity (Wildman–Crippen MR) is 103 cm³/mol. The fourth-order valence-corrected chi connectivity index (χ4v) is 2.84. The van der Waals surface area contributed by atoms with Crippen molar-refractivity contribution in [1.82, 2.24) is 5.32 Å². The fourth-order valence-electron chi connectivity index (χ4n) is 2.44. The molecule has 0 aliphatic carbocycles. The van der Waals surface area contributed by atoms with Gasteiger partial charge in [-0.15, -0.1) is 11.8 Å². The van der Waals surface area contributed by atoms with Gasteiger partial charge in [0, 0.05) is 22.6 Å². The third kappa shape index (κ3) is 5.30. The van der Waals surface area contributed by atoms with E-state index in [2.05, 4.69) is 5.32 Å². The molecule has 2 aromatic rings. The Bertz CT molecular complexity index is 852. The van der Waals surface area contributed by atoms with Crippen molar-refractivity contribution in [1.29, 1.82) is 0 Å². The number of esters is 1. The molecule has 142 valence electrons. The minimum atomic E-state index is -0.712. The van der Waals surface area contributed by atoms with Crippen LogP contribution in [0.1, 0.15) is 46.2 Å². The molecule has 0 aliphatic heterocycles. The van der Waals surface area contributed by atoms with Crippen LogP contribution in [0.25, 0.3) is 0 Å². The van der Waals surface area contributed by atoms with Crippen LogP contribution in [0, 0.1) is 10.1 Å². The first-order valence-electron chi connectivity index (χ1n) is 8.27. The van der Waals surface area contributed by atoms with E-state index in [-0.39, 0.29) is 29.5 Å². The quantitative estimate of drug-likeness (QED) is 0.333. The third-order valence-electron chi connectivity index (χ3n) is 3.87. The molecule has 0 heterocycles. The summed E-state index contributed by atoms with van der Waals surface area (Å²) in [5.41, 5.74) is 0.549. The minimum Gasteiger partial charge on any atom is -0.462 e. The van der Waals surface area contributed by atoms with Crippen LogP contribution in [-0.2, 0) is 4.74 Å². The molecular weight excluding hydrogens is 368 g/mol. The van der Waals surface area contributed by atoms with Gasteiger partial charge in [0.1, 0.15) is 0 Å². The van der Waals surface area contributed by atoms with Crippen LogP contribution in [0.3, 0.4) is 0 Å².